The number of fused-ring (bicyclic) bond motifs is 2. The number of hydrogen-bond donors (Lipinski definition) is 3. The number of phenolic OH excluding ortho intramolecular Hbond substituents is 1. The van der Waals surface area contributed by atoms with Crippen LogP contribution in [0.5, 0.6) is 5.75 Å². The van der Waals surface area contributed by atoms with Crippen LogP contribution in [0.4, 0.5) is 4.79 Å². The molecule has 9 nitrogen and oxygen atoms in total. The predicted octanol–water partition coefficient (Wildman–Crippen LogP) is 5.56. The van der Waals surface area contributed by atoms with Gasteiger partial charge in [0.1, 0.15) is 18.5 Å². The molecule has 2 saturated heterocycles. The summed E-state index contributed by atoms with van der Waals surface area (Å²) in [6, 6.07) is 30.7. The van der Waals surface area contributed by atoms with Gasteiger partial charge in [0.15, 0.2) is 0 Å². The van der Waals surface area contributed by atoms with Crippen LogP contribution in [-0.4, -0.2) is 75.7 Å². The lowest BCUT2D eigenvalue weighted by molar-refractivity contribution is -0.159. The van der Waals surface area contributed by atoms with Crippen LogP contribution in [0.1, 0.15) is 23.1 Å². The fourth-order valence-electron chi connectivity index (χ4n) is 5.22. The minimum atomic E-state index is -0.463. The van der Waals surface area contributed by atoms with Gasteiger partial charge >= 0.3 is 6.03 Å². The van der Waals surface area contributed by atoms with E-state index in [9.17, 15) is 14.4 Å². The topological polar surface area (TPSA) is 113 Å². The Morgan fingerprint density at radius 3 is 2.06 bits per heavy atom. The van der Waals surface area contributed by atoms with E-state index in [0.717, 1.165) is 29.0 Å². The van der Waals surface area contributed by atoms with Crippen LogP contribution in [0.2, 0.25) is 0 Å². The fourth-order valence-corrected chi connectivity index (χ4v) is 5.22. The highest BCUT2D eigenvalue weighted by Gasteiger charge is 2.43. The van der Waals surface area contributed by atoms with Crippen LogP contribution < -0.4 is 5.32 Å². The number of nitrogens with zero attached hydrogens (tertiary/aromatic N) is 3. The largest absolute Gasteiger partial charge is 0.508 e. The Morgan fingerprint density at radius 1 is 0.837 bits per heavy atom. The number of rotatable bonds is 4. The van der Waals surface area contributed by atoms with Crippen molar-refractivity contribution < 1.29 is 24.6 Å². The number of nitrogens with one attached hydrogen (secondary N) is 1. The van der Waals surface area contributed by atoms with E-state index >= 15 is 0 Å². The Kier molecular flexibility index (Phi) is 18.8. The number of phenols is 1. The molecule has 2 heterocycles. The lowest BCUT2D eigenvalue weighted by Gasteiger charge is -2.48. The monoisotopic (exact) mass is 662 g/mol. The van der Waals surface area contributed by atoms with Gasteiger partial charge in [-0.1, -0.05) is 90.5 Å². The molecule has 4 amide bonds. The third-order valence-corrected chi connectivity index (χ3v) is 7.47. The Balaban J connectivity index is 0.000000635. The summed E-state index contributed by atoms with van der Waals surface area (Å²) < 4.78 is 0. The van der Waals surface area contributed by atoms with Gasteiger partial charge in [-0.15, -0.1) is 38.9 Å². The molecule has 256 valence electrons. The SMILES string of the molecule is C#C.C#C.C=C.CO.Cc1ccc(O)cc1.O=C1CN2C(=O)CCN(C(=O)NCc3ccccc3)C2CN1Cc1cccc2ccccc12. The van der Waals surface area contributed by atoms with Crippen LogP contribution in [-0.2, 0) is 22.7 Å². The minimum absolute atomic E-state index is 0.00324. The molecule has 3 N–H and O–H groups in total. The van der Waals surface area contributed by atoms with Gasteiger partial charge in [-0.3, -0.25) is 9.59 Å². The van der Waals surface area contributed by atoms with Gasteiger partial charge in [0.2, 0.25) is 11.8 Å². The fraction of sp³-hybridized carbons (Fsp3) is 0.225. The normalized spacial score (nSPS) is 14.2. The minimum Gasteiger partial charge on any atom is -0.508 e. The molecule has 0 radical (unpaired) electrons. The third-order valence-electron chi connectivity index (χ3n) is 7.47. The van der Waals surface area contributed by atoms with Crippen molar-refractivity contribution in [3.8, 4) is 31.4 Å². The number of aliphatic hydroxyl groups is 1. The highest BCUT2D eigenvalue weighted by atomic mass is 16.3. The Hall–Kier alpha value is -6.03. The van der Waals surface area contributed by atoms with Crippen LogP contribution in [0, 0.1) is 32.6 Å². The quantitative estimate of drug-likeness (QED) is 0.196. The van der Waals surface area contributed by atoms with Crippen molar-refractivity contribution in [2.45, 2.75) is 32.6 Å². The summed E-state index contributed by atoms with van der Waals surface area (Å²) in [5.41, 5.74) is 3.23. The van der Waals surface area contributed by atoms with Crippen molar-refractivity contribution in [3.63, 3.8) is 0 Å². The molecule has 0 saturated carbocycles. The number of aromatic hydroxyl groups is 1. The number of urea groups is 1. The number of benzene rings is 4. The first-order valence-electron chi connectivity index (χ1n) is 15.4. The van der Waals surface area contributed by atoms with Gasteiger partial charge in [-0.05, 0) is 41.0 Å². The highest BCUT2D eigenvalue weighted by Crippen LogP contribution is 2.25. The van der Waals surface area contributed by atoms with E-state index < -0.39 is 6.17 Å². The summed E-state index contributed by atoms with van der Waals surface area (Å²) >= 11 is 0. The van der Waals surface area contributed by atoms with E-state index in [2.05, 4.69) is 62.4 Å². The first kappa shape index (κ1) is 41.0. The van der Waals surface area contributed by atoms with E-state index in [-0.39, 0.29) is 30.8 Å². The van der Waals surface area contributed by atoms with Crippen molar-refractivity contribution >= 4 is 28.6 Å². The number of hydrogen-bond acceptors (Lipinski definition) is 5. The lowest BCUT2D eigenvalue weighted by atomic mass is 10.0. The maximum absolute atomic E-state index is 13.0. The lowest BCUT2D eigenvalue weighted by Crippen LogP contribution is -2.68. The molecule has 2 fully saturated rings. The third kappa shape index (κ3) is 11.9. The number of aryl methyl sites for hydroxylation is 1. The highest BCUT2D eigenvalue weighted by molar-refractivity contribution is 5.89. The van der Waals surface area contributed by atoms with E-state index in [0.29, 0.717) is 31.9 Å². The average Bonchev–Trinajstić information content (AvgIpc) is 3.17. The number of amides is 4. The average molecular weight is 663 g/mol. The van der Waals surface area contributed by atoms with Crippen LogP contribution in [0.3, 0.4) is 0 Å². The molecule has 0 aromatic heterocycles. The number of carbonyl (C=O) groups is 3. The molecule has 4 aromatic carbocycles. The zero-order valence-corrected chi connectivity index (χ0v) is 28.2. The van der Waals surface area contributed by atoms with Gasteiger partial charge in [-0.25, -0.2) is 4.79 Å². The number of aliphatic hydroxyl groups excluding tert-OH is 1. The summed E-state index contributed by atoms with van der Waals surface area (Å²) in [6.07, 6.45) is 15.8. The molecule has 2 aliphatic rings. The first-order valence-corrected chi connectivity index (χ1v) is 15.4. The maximum Gasteiger partial charge on any atom is 0.319 e. The van der Waals surface area contributed by atoms with Crippen molar-refractivity contribution in [2.75, 3.05) is 26.7 Å². The van der Waals surface area contributed by atoms with Crippen LogP contribution >= 0.6 is 0 Å². The van der Waals surface area contributed by atoms with Gasteiger partial charge in [-0.2, -0.15) is 0 Å². The maximum atomic E-state index is 13.0. The van der Waals surface area contributed by atoms with Crippen LogP contribution in [0.25, 0.3) is 10.8 Å². The van der Waals surface area contributed by atoms with Crippen molar-refractivity contribution in [1.29, 1.82) is 0 Å². The Morgan fingerprint density at radius 2 is 1.43 bits per heavy atom. The summed E-state index contributed by atoms with van der Waals surface area (Å²) in [6.45, 7) is 9.48. The molecule has 4 aromatic rings. The molecule has 0 spiro atoms. The number of terminal acetylenes is 2. The standard InChI is InChI=1S/C26H26N4O3.C7H8O.C2H4.2C2H2.CH4O/c31-24-13-14-29(26(33)27-15-19-7-2-1-3-8-19)23-17-28(25(32)18-30(23)24)16-21-11-6-10-20-9-4-5-12-22(20)21;1-6-2-4-7(8)5-3-6;4*1-2/h1-12,23H,13-18H2,(H,27,33);2-5,8H,1H3;1-2H2;2*1-2H;2H,1H3. The molecule has 6 rings (SSSR count). The molecule has 49 heavy (non-hydrogen) atoms. The molecule has 1 unspecified atom stereocenters. The summed E-state index contributed by atoms with van der Waals surface area (Å²) in [5.74, 6) is 0.153. The van der Waals surface area contributed by atoms with Crippen LogP contribution in [0.15, 0.2) is 110 Å². The zero-order valence-electron chi connectivity index (χ0n) is 28.2. The zero-order chi connectivity index (χ0) is 36.8. The summed E-state index contributed by atoms with van der Waals surface area (Å²) in [5, 5.41) is 20.9. The van der Waals surface area contributed by atoms with E-state index in [4.69, 9.17) is 10.2 Å². The molecular formula is C40H46N4O5. The molecule has 1 atom stereocenters. The van der Waals surface area contributed by atoms with Gasteiger partial charge in [0.05, 0.1) is 6.54 Å². The molecular weight excluding hydrogens is 616 g/mol. The van der Waals surface area contributed by atoms with E-state index in [1.165, 1.54) is 5.56 Å². The number of piperazine rings is 1. The summed E-state index contributed by atoms with van der Waals surface area (Å²) in [4.78, 5) is 43.5. The Labute approximate surface area is 290 Å². The second-order valence-electron chi connectivity index (χ2n) is 10.3. The Bertz CT molecular complexity index is 1600. The van der Waals surface area contributed by atoms with Crippen molar-refractivity contribution in [3.05, 3.63) is 127 Å². The summed E-state index contributed by atoms with van der Waals surface area (Å²) in [7, 11) is 1.00. The van der Waals surface area contributed by atoms with Crippen molar-refractivity contribution in [1.82, 2.24) is 20.0 Å². The van der Waals surface area contributed by atoms with E-state index in [1.807, 2.05) is 73.7 Å². The first-order chi connectivity index (χ1) is 23.9. The van der Waals surface area contributed by atoms with Gasteiger partial charge in [0, 0.05) is 33.2 Å². The van der Waals surface area contributed by atoms with Gasteiger partial charge < -0.3 is 30.2 Å². The predicted molar refractivity (Wildman–Crippen MR) is 197 cm³/mol. The molecule has 2 aliphatic heterocycles. The van der Waals surface area contributed by atoms with Gasteiger partial charge in [0.25, 0.3) is 0 Å². The second kappa shape index (κ2) is 22.5. The number of carbonyl (C=O) groups excluding carboxylic acids is 3. The molecule has 0 bridgehead atoms. The van der Waals surface area contributed by atoms with Crippen molar-refractivity contribution in [2.24, 2.45) is 0 Å². The van der Waals surface area contributed by atoms with E-state index in [1.54, 1.807) is 26.8 Å². The molecule has 0 aliphatic carbocycles. The second-order valence-corrected chi connectivity index (χ2v) is 10.3. The molecule has 9 heteroatoms. The smallest absolute Gasteiger partial charge is 0.319 e.